The van der Waals surface area contributed by atoms with Crippen LogP contribution in [0.15, 0.2) is 47.4 Å². The van der Waals surface area contributed by atoms with E-state index in [9.17, 15) is 22.0 Å². The Morgan fingerprint density at radius 1 is 1.00 bits per heavy atom. The third-order valence-corrected chi connectivity index (χ3v) is 5.91. The number of anilines is 1. The second-order valence-electron chi connectivity index (χ2n) is 5.71. The molecule has 0 aliphatic carbocycles. The van der Waals surface area contributed by atoms with Gasteiger partial charge in [0.25, 0.3) is 5.91 Å². The maximum absolute atomic E-state index is 13.6. The molecule has 0 aromatic heterocycles. The number of hydrogen-bond donors (Lipinski definition) is 1. The first-order valence-electron chi connectivity index (χ1n) is 7.74. The van der Waals surface area contributed by atoms with Gasteiger partial charge in [0, 0.05) is 24.7 Å². The van der Waals surface area contributed by atoms with Crippen molar-refractivity contribution in [1.82, 2.24) is 4.31 Å². The van der Waals surface area contributed by atoms with Gasteiger partial charge in [-0.1, -0.05) is 0 Å². The van der Waals surface area contributed by atoms with Crippen LogP contribution in [0.3, 0.4) is 0 Å². The van der Waals surface area contributed by atoms with Crippen molar-refractivity contribution in [1.29, 1.82) is 0 Å². The van der Waals surface area contributed by atoms with E-state index in [0.717, 1.165) is 25.0 Å². The van der Waals surface area contributed by atoms with Crippen molar-refractivity contribution in [3.8, 4) is 0 Å². The third-order valence-electron chi connectivity index (χ3n) is 4.00. The molecule has 2 aromatic carbocycles. The SMILES string of the molecule is O=C(Nc1ccc(F)cc1F)c1ccc(S(=O)(=O)N2CCCC2)cc1. The van der Waals surface area contributed by atoms with Crippen LogP contribution in [0, 0.1) is 11.6 Å². The summed E-state index contributed by atoms with van der Waals surface area (Å²) in [4.78, 5) is 12.2. The van der Waals surface area contributed by atoms with Crippen LogP contribution in [0.5, 0.6) is 0 Å². The Bertz CT molecular complexity index is 893. The maximum Gasteiger partial charge on any atom is 0.255 e. The second kappa shape index (κ2) is 6.89. The molecular weight excluding hydrogens is 350 g/mol. The van der Waals surface area contributed by atoms with Gasteiger partial charge in [0.2, 0.25) is 10.0 Å². The van der Waals surface area contributed by atoms with Crippen molar-refractivity contribution < 1.29 is 22.0 Å². The fraction of sp³-hybridized carbons (Fsp3) is 0.235. The number of sulfonamides is 1. The zero-order valence-corrected chi connectivity index (χ0v) is 14.0. The average Bonchev–Trinajstić information content (AvgIpc) is 3.13. The number of carbonyl (C=O) groups excluding carboxylic acids is 1. The Morgan fingerprint density at radius 2 is 1.64 bits per heavy atom. The van der Waals surface area contributed by atoms with E-state index in [1.54, 1.807) is 0 Å². The molecule has 1 fully saturated rings. The lowest BCUT2D eigenvalue weighted by molar-refractivity contribution is 0.102. The maximum atomic E-state index is 13.6. The van der Waals surface area contributed by atoms with E-state index < -0.39 is 27.6 Å². The number of benzene rings is 2. The standard InChI is InChI=1S/C17H16F2N2O3S/c18-13-5-8-16(15(19)11-13)20-17(22)12-3-6-14(7-4-12)25(23,24)21-9-1-2-10-21/h3-8,11H,1-2,9-10H2,(H,20,22). The van der Waals surface area contributed by atoms with Gasteiger partial charge in [-0.2, -0.15) is 4.31 Å². The van der Waals surface area contributed by atoms with Crippen LogP contribution in [0.4, 0.5) is 14.5 Å². The van der Waals surface area contributed by atoms with Gasteiger partial charge in [-0.25, -0.2) is 17.2 Å². The van der Waals surface area contributed by atoms with Crippen molar-refractivity contribution in [3.05, 3.63) is 59.7 Å². The Hall–Kier alpha value is -2.32. The Labute approximate surface area is 144 Å². The zero-order valence-electron chi connectivity index (χ0n) is 13.2. The minimum atomic E-state index is -3.55. The number of nitrogens with one attached hydrogen (secondary N) is 1. The van der Waals surface area contributed by atoms with E-state index in [0.29, 0.717) is 19.2 Å². The van der Waals surface area contributed by atoms with Gasteiger partial charge in [0.1, 0.15) is 11.6 Å². The molecule has 0 spiro atoms. The van der Waals surface area contributed by atoms with E-state index in [1.165, 1.54) is 28.6 Å². The van der Waals surface area contributed by atoms with Crippen LogP contribution in [-0.4, -0.2) is 31.7 Å². The highest BCUT2D eigenvalue weighted by Crippen LogP contribution is 2.22. The summed E-state index contributed by atoms with van der Waals surface area (Å²) >= 11 is 0. The third kappa shape index (κ3) is 3.69. The van der Waals surface area contributed by atoms with Gasteiger partial charge < -0.3 is 5.32 Å². The normalized spacial score (nSPS) is 15.3. The predicted molar refractivity (Wildman–Crippen MR) is 88.7 cm³/mol. The highest BCUT2D eigenvalue weighted by Gasteiger charge is 2.27. The molecule has 1 amide bonds. The van der Waals surface area contributed by atoms with Gasteiger partial charge >= 0.3 is 0 Å². The van der Waals surface area contributed by atoms with Gasteiger partial charge in [-0.3, -0.25) is 4.79 Å². The monoisotopic (exact) mass is 366 g/mol. The molecule has 5 nitrogen and oxygen atoms in total. The molecule has 0 radical (unpaired) electrons. The van der Waals surface area contributed by atoms with E-state index in [-0.39, 0.29) is 16.1 Å². The average molecular weight is 366 g/mol. The van der Waals surface area contributed by atoms with Crippen molar-refractivity contribution >= 4 is 21.6 Å². The van der Waals surface area contributed by atoms with Crippen molar-refractivity contribution in [3.63, 3.8) is 0 Å². The van der Waals surface area contributed by atoms with E-state index in [2.05, 4.69) is 5.32 Å². The number of amides is 1. The quantitative estimate of drug-likeness (QED) is 0.905. The summed E-state index contributed by atoms with van der Waals surface area (Å²) in [6.45, 7) is 0.989. The summed E-state index contributed by atoms with van der Waals surface area (Å²) in [5.41, 5.74) is 0.0178. The molecule has 1 aliphatic heterocycles. The van der Waals surface area contributed by atoms with E-state index in [1.807, 2.05) is 0 Å². The number of halogens is 2. The fourth-order valence-electron chi connectivity index (χ4n) is 2.64. The lowest BCUT2D eigenvalue weighted by Crippen LogP contribution is -2.27. The molecule has 0 atom stereocenters. The summed E-state index contributed by atoms with van der Waals surface area (Å²) in [6.07, 6.45) is 1.67. The van der Waals surface area contributed by atoms with Crippen LogP contribution in [0.1, 0.15) is 23.2 Å². The minimum absolute atomic E-state index is 0.110. The molecule has 0 unspecified atom stereocenters. The minimum Gasteiger partial charge on any atom is -0.319 e. The molecule has 1 heterocycles. The topological polar surface area (TPSA) is 66.5 Å². The number of nitrogens with zero attached hydrogens (tertiary/aromatic N) is 1. The van der Waals surface area contributed by atoms with Gasteiger partial charge in [0.05, 0.1) is 10.6 Å². The first kappa shape index (κ1) is 17.5. The van der Waals surface area contributed by atoms with Crippen molar-refractivity contribution in [2.75, 3.05) is 18.4 Å². The van der Waals surface area contributed by atoms with Crippen molar-refractivity contribution in [2.24, 2.45) is 0 Å². The number of hydrogen-bond acceptors (Lipinski definition) is 3. The smallest absolute Gasteiger partial charge is 0.255 e. The van der Waals surface area contributed by atoms with Crippen molar-refractivity contribution in [2.45, 2.75) is 17.7 Å². The molecule has 132 valence electrons. The van der Waals surface area contributed by atoms with E-state index >= 15 is 0 Å². The highest BCUT2D eigenvalue weighted by atomic mass is 32.2. The van der Waals surface area contributed by atoms with Crippen LogP contribution < -0.4 is 5.32 Å². The summed E-state index contributed by atoms with van der Waals surface area (Å²) in [5.74, 6) is -2.25. The summed E-state index contributed by atoms with van der Waals surface area (Å²) < 4.78 is 52.7. The molecule has 25 heavy (non-hydrogen) atoms. The first-order valence-corrected chi connectivity index (χ1v) is 9.18. The van der Waals surface area contributed by atoms with Gasteiger partial charge in [0.15, 0.2) is 0 Å². The molecule has 3 rings (SSSR count). The zero-order chi connectivity index (χ0) is 18.0. The summed E-state index contributed by atoms with van der Waals surface area (Å²) in [5, 5.41) is 2.33. The highest BCUT2D eigenvalue weighted by molar-refractivity contribution is 7.89. The fourth-order valence-corrected chi connectivity index (χ4v) is 4.16. The number of carbonyl (C=O) groups is 1. The largest absolute Gasteiger partial charge is 0.319 e. The van der Waals surface area contributed by atoms with Crippen LogP contribution in [-0.2, 0) is 10.0 Å². The number of rotatable bonds is 4. The van der Waals surface area contributed by atoms with Crippen LogP contribution >= 0.6 is 0 Å². The van der Waals surface area contributed by atoms with Gasteiger partial charge in [-0.15, -0.1) is 0 Å². The summed E-state index contributed by atoms with van der Waals surface area (Å²) in [6, 6.07) is 8.24. The Kier molecular flexibility index (Phi) is 4.82. The molecule has 1 aliphatic rings. The van der Waals surface area contributed by atoms with Gasteiger partial charge in [-0.05, 0) is 49.2 Å². The molecule has 1 saturated heterocycles. The molecule has 0 saturated carbocycles. The molecular formula is C17H16F2N2O3S. The first-order chi connectivity index (χ1) is 11.9. The lowest BCUT2D eigenvalue weighted by atomic mass is 10.2. The molecule has 0 bridgehead atoms. The summed E-state index contributed by atoms with van der Waals surface area (Å²) in [7, 11) is -3.55. The Balaban J connectivity index is 1.76. The lowest BCUT2D eigenvalue weighted by Gasteiger charge is -2.15. The predicted octanol–water partition coefficient (Wildman–Crippen LogP) is 3.00. The molecule has 1 N–H and O–H groups in total. The van der Waals surface area contributed by atoms with Crippen LogP contribution in [0.2, 0.25) is 0 Å². The Morgan fingerprint density at radius 3 is 2.24 bits per heavy atom. The second-order valence-corrected chi connectivity index (χ2v) is 7.65. The molecule has 8 heteroatoms. The van der Waals surface area contributed by atoms with Crippen LogP contribution in [0.25, 0.3) is 0 Å². The molecule has 2 aromatic rings. The van der Waals surface area contributed by atoms with E-state index in [4.69, 9.17) is 0 Å².